The molecule has 0 aliphatic rings. The number of carbonyl (C=O) groups is 1. The van der Waals surface area contributed by atoms with Crippen LogP contribution in [0.4, 0.5) is 9.18 Å². The zero-order chi connectivity index (χ0) is 15.8. The Labute approximate surface area is 123 Å². The van der Waals surface area contributed by atoms with Gasteiger partial charge < -0.3 is 10.1 Å². The van der Waals surface area contributed by atoms with E-state index in [9.17, 15) is 9.18 Å². The molecular weight excluding hydrogens is 273 g/mol. The summed E-state index contributed by atoms with van der Waals surface area (Å²) in [6, 6.07) is 4.72. The van der Waals surface area contributed by atoms with Crippen molar-refractivity contribution in [2.45, 2.75) is 45.8 Å². The molecule has 2 aromatic rings. The second-order valence-corrected chi connectivity index (χ2v) is 6.44. The fraction of sp³-hybridized carbons (Fsp3) is 0.467. The zero-order valence-electron chi connectivity index (χ0n) is 12.9. The SMILES string of the molecule is CC(C)(C)OC(=O)NC(C)(C)c1ncc2cccc(F)n12. The lowest BCUT2D eigenvalue weighted by Crippen LogP contribution is -2.45. The topological polar surface area (TPSA) is 55.6 Å². The van der Waals surface area contributed by atoms with Gasteiger partial charge in [0.2, 0.25) is 0 Å². The monoisotopic (exact) mass is 293 g/mol. The van der Waals surface area contributed by atoms with Crippen molar-refractivity contribution in [3.8, 4) is 0 Å². The van der Waals surface area contributed by atoms with Gasteiger partial charge in [-0.3, -0.25) is 4.40 Å². The molecule has 2 heterocycles. The number of pyridine rings is 1. The normalized spacial score (nSPS) is 12.5. The molecule has 0 aromatic carbocycles. The van der Waals surface area contributed by atoms with Crippen LogP contribution in [-0.2, 0) is 10.3 Å². The summed E-state index contributed by atoms with van der Waals surface area (Å²) < 4.78 is 20.6. The molecule has 0 saturated heterocycles. The van der Waals surface area contributed by atoms with Gasteiger partial charge in [-0.15, -0.1) is 0 Å². The summed E-state index contributed by atoms with van der Waals surface area (Å²) in [6.07, 6.45) is 0.998. The lowest BCUT2D eigenvalue weighted by Gasteiger charge is -2.27. The maximum Gasteiger partial charge on any atom is 0.408 e. The first-order valence-electron chi connectivity index (χ1n) is 6.74. The van der Waals surface area contributed by atoms with Gasteiger partial charge in [0.05, 0.1) is 17.3 Å². The van der Waals surface area contributed by atoms with Gasteiger partial charge in [0.1, 0.15) is 11.4 Å². The number of nitrogens with one attached hydrogen (secondary N) is 1. The number of hydrogen-bond acceptors (Lipinski definition) is 3. The quantitative estimate of drug-likeness (QED) is 0.865. The van der Waals surface area contributed by atoms with Gasteiger partial charge in [-0.25, -0.2) is 9.78 Å². The Morgan fingerprint density at radius 3 is 2.57 bits per heavy atom. The molecule has 21 heavy (non-hydrogen) atoms. The summed E-state index contributed by atoms with van der Waals surface area (Å²) >= 11 is 0. The minimum absolute atomic E-state index is 0.404. The first-order valence-corrected chi connectivity index (χ1v) is 6.74. The van der Waals surface area contributed by atoms with Gasteiger partial charge in [0.25, 0.3) is 0 Å². The molecule has 2 rings (SSSR count). The fourth-order valence-corrected chi connectivity index (χ4v) is 2.06. The summed E-state index contributed by atoms with van der Waals surface area (Å²) in [7, 11) is 0. The number of ether oxygens (including phenoxy) is 1. The molecule has 114 valence electrons. The van der Waals surface area contributed by atoms with E-state index in [1.807, 2.05) is 0 Å². The second kappa shape index (κ2) is 5.02. The Balaban J connectivity index is 2.32. The van der Waals surface area contributed by atoms with Crippen molar-refractivity contribution < 1.29 is 13.9 Å². The third kappa shape index (κ3) is 3.32. The fourth-order valence-electron chi connectivity index (χ4n) is 2.06. The van der Waals surface area contributed by atoms with Gasteiger partial charge in [0, 0.05) is 0 Å². The number of fused-ring (bicyclic) bond motifs is 1. The molecule has 0 saturated carbocycles. The molecule has 0 radical (unpaired) electrons. The summed E-state index contributed by atoms with van der Waals surface area (Å²) in [4.78, 5) is 16.2. The van der Waals surface area contributed by atoms with Gasteiger partial charge in [-0.2, -0.15) is 4.39 Å². The van der Waals surface area contributed by atoms with E-state index in [4.69, 9.17) is 4.74 Å². The van der Waals surface area contributed by atoms with Crippen molar-refractivity contribution in [3.05, 3.63) is 36.2 Å². The van der Waals surface area contributed by atoms with Crippen molar-refractivity contribution in [1.29, 1.82) is 0 Å². The maximum absolute atomic E-state index is 14.0. The standard InChI is InChI=1S/C15H20FN3O2/c1-14(2,3)21-13(20)18-15(4,5)12-17-9-10-7-6-8-11(16)19(10)12/h6-9H,1-5H3,(H,18,20). The molecule has 0 bridgehead atoms. The van der Waals surface area contributed by atoms with E-state index in [-0.39, 0.29) is 0 Å². The number of amides is 1. The number of alkyl carbamates (subject to hydrolysis) is 1. The number of imidazole rings is 1. The molecule has 2 aromatic heterocycles. The number of aromatic nitrogens is 2. The third-order valence-corrected chi connectivity index (χ3v) is 2.88. The number of halogens is 1. The van der Waals surface area contributed by atoms with E-state index >= 15 is 0 Å². The molecule has 1 N–H and O–H groups in total. The summed E-state index contributed by atoms with van der Waals surface area (Å²) in [5, 5.41) is 2.72. The van der Waals surface area contributed by atoms with Crippen LogP contribution in [-0.4, -0.2) is 21.1 Å². The van der Waals surface area contributed by atoms with Crippen molar-refractivity contribution >= 4 is 11.6 Å². The Morgan fingerprint density at radius 1 is 1.29 bits per heavy atom. The Morgan fingerprint density at radius 2 is 1.95 bits per heavy atom. The second-order valence-electron chi connectivity index (χ2n) is 6.44. The molecule has 0 aliphatic heterocycles. The first kappa shape index (κ1) is 15.3. The van der Waals surface area contributed by atoms with E-state index in [0.29, 0.717) is 11.3 Å². The Bertz CT molecular complexity index is 671. The van der Waals surface area contributed by atoms with Gasteiger partial charge in [0.15, 0.2) is 5.95 Å². The zero-order valence-corrected chi connectivity index (χ0v) is 12.9. The smallest absolute Gasteiger partial charge is 0.408 e. The molecular formula is C15H20FN3O2. The molecule has 6 heteroatoms. The minimum Gasteiger partial charge on any atom is -0.444 e. The van der Waals surface area contributed by atoms with E-state index in [2.05, 4.69) is 10.3 Å². The summed E-state index contributed by atoms with van der Waals surface area (Å²) in [6.45, 7) is 8.84. The Kier molecular flexibility index (Phi) is 3.65. The average Bonchev–Trinajstić information content (AvgIpc) is 2.71. The van der Waals surface area contributed by atoms with Crippen LogP contribution in [0.2, 0.25) is 0 Å². The van der Waals surface area contributed by atoms with Crippen LogP contribution in [0.25, 0.3) is 5.52 Å². The molecule has 0 unspecified atom stereocenters. The molecule has 0 fully saturated rings. The van der Waals surface area contributed by atoms with Crippen LogP contribution in [0.5, 0.6) is 0 Å². The average molecular weight is 293 g/mol. The number of rotatable bonds is 2. The number of nitrogens with zero attached hydrogens (tertiary/aromatic N) is 2. The largest absolute Gasteiger partial charge is 0.444 e. The summed E-state index contributed by atoms with van der Waals surface area (Å²) in [5.41, 5.74) is -0.846. The Hall–Kier alpha value is -2.11. The van der Waals surface area contributed by atoms with Gasteiger partial charge in [-0.1, -0.05) is 6.07 Å². The van der Waals surface area contributed by atoms with Crippen LogP contribution in [0.15, 0.2) is 24.4 Å². The van der Waals surface area contributed by atoms with Crippen LogP contribution in [0.3, 0.4) is 0 Å². The predicted molar refractivity (Wildman–Crippen MR) is 77.5 cm³/mol. The van der Waals surface area contributed by atoms with Gasteiger partial charge >= 0.3 is 6.09 Å². The first-order chi connectivity index (χ1) is 9.60. The van der Waals surface area contributed by atoms with E-state index in [1.165, 1.54) is 10.5 Å². The molecule has 0 atom stereocenters. The third-order valence-electron chi connectivity index (χ3n) is 2.88. The maximum atomic E-state index is 14.0. The number of hydrogen-bond donors (Lipinski definition) is 1. The summed E-state index contributed by atoms with van der Waals surface area (Å²) in [5.74, 6) is -0.0273. The lowest BCUT2D eigenvalue weighted by atomic mass is 10.1. The van der Waals surface area contributed by atoms with Crippen LogP contribution in [0, 0.1) is 5.95 Å². The van der Waals surface area contributed by atoms with Crippen LogP contribution in [0.1, 0.15) is 40.4 Å². The minimum atomic E-state index is -0.878. The van der Waals surface area contributed by atoms with Crippen molar-refractivity contribution in [1.82, 2.24) is 14.7 Å². The van der Waals surface area contributed by atoms with Crippen molar-refractivity contribution in [3.63, 3.8) is 0 Å². The van der Waals surface area contributed by atoms with Crippen LogP contribution >= 0.6 is 0 Å². The molecule has 1 amide bonds. The van der Waals surface area contributed by atoms with Crippen LogP contribution < -0.4 is 5.32 Å². The highest BCUT2D eigenvalue weighted by molar-refractivity contribution is 5.69. The molecule has 5 nitrogen and oxygen atoms in total. The van der Waals surface area contributed by atoms with E-state index in [0.717, 1.165) is 0 Å². The number of carbonyl (C=O) groups excluding carboxylic acids is 1. The van der Waals surface area contributed by atoms with E-state index < -0.39 is 23.2 Å². The molecule has 0 aliphatic carbocycles. The van der Waals surface area contributed by atoms with E-state index in [1.54, 1.807) is 52.9 Å². The van der Waals surface area contributed by atoms with Crippen molar-refractivity contribution in [2.24, 2.45) is 0 Å². The highest BCUT2D eigenvalue weighted by Gasteiger charge is 2.30. The molecule has 0 spiro atoms. The highest BCUT2D eigenvalue weighted by atomic mass is 19.1. The van der Waals surface area contributed by atoms with Gasteiger partial charge in [-0.05, 0) is 46.8 Å². The highest BCUT2D eigenvalue weighted by Crippen LogP contribution is 2.22. The predicted octanol–water partition coefficient (Wildman–Crippen LogP) is 3.23. The lowest BCUT2D eigenvalue weighted by molar-refractivity contribution is 0.0465. The van der Waals surface area contributed by atoms with Crippen molar-refractivity contribution in [2.75, 3.05) is 0 Å².